The second-order valence-electron chi connectivity index (χ2n) is 5.10. The topological polar surface area (TPSA) is 60.2 Å². The first-order valence-corrected chi connectivity index (χ1v) is 8.35. The maximum absolute atomic E-state index is 11.4. The minimum atomic E-state index is -2.79. The van der Waals surface area contributed by atoms with Gasteiger partial charge in [0.25, 0.3) is 0 Å². The number of halogens is 1. The van der Waals surface area contributed by atoms with Crippen LogP contribution in [0.1, 0.15) is 18.4 Å². The van der Waals surface area contributed by atoms with Crippen LogP contribution in [0.3, 0.4) is 0 Å². The Bertz CT molecular complexity index is 498. The molecule has 0 aromatic heterocycles. The van der Waals surface area contributed by atoms with E-state index in [4.69, 9.17) is 17.3 Å². The van der Waals surface area contributed by atoms with Crippen molar-refractivity contribution in [1.82, 2.24) is 0 Å². The molecule has 2 N–H and O–H groups in total. The minimum Gasteiger partial charge on any atom is -0.327 e. The van der Waals surface area contributed by atoms with Crippen molar-refractivity contribution in [3.8, 4) is 0 Å². The summed E-state index contributed by atoms with van der Waals surface area (Å²) < 4.78 is 22.7. The maximum atomic E-state index is 11.4. The molecule has 1 aliphatic rings. The smallest absolute Gasteiger partial charge is 0.150 e. The van der Waals surface area contributed by atoms with Gasteiger partial charge in [-0.15, -0.1) is 0 Å². The summed E-state index contributed by atoms with van der Waals surface area (Å²) in [4.78, 5) is 0. The lowest BCUT2D eigenvalue weighted by molar-refractivity contribution is 0.468. The van der Waals surface area contributed by atoms with Crippen molar-refractivity contribution in [2.24, 2.45) is 11.7 Å². The first-order chi connectivity index (χ1) is 8.44. The third-order valence-electron chi connectivity index (χ3n) is 3.37. The van der Waals surface area contributed by atoms with Crippen LogP contribution in [0.4, 0.5) is 0 Å². The van der Waals surface area contributed by atoms with Crippen molar-refractivity contribution in [1.29, 1.82) is 0 Å². The highest BCUT2D eigenvalue weighted by Crippen LogP contribution is 2.23. The molecule has 2 rings (SSSR count). The summed E-state index contributed by atoms with van der Waals surface area (Å²) in [5.41, 5.74) is 7.23. The number of rotatable bonds is 4. The normalized spacial score (nSPS) is 24.0. The van der Waals surface area contributed by atoms with E-state index in [9.17, 15) is 8.42 Å². The average Bonchev–Trinajstić information content (AvgIpc) is 2.61. The van der Waals surface area contributed by atoms with Gasteiger partial charge in [0.05, 0.1) is 11.5 Å². The molecule has 0 bridgehead atoms. The van der Waals surface area contributed by atoms with Crippen LogP contribution in [0.25, 0.3) is 0 Å². The maximum Gasteiger partial charge on any atom is 0.150 e. The molecule has 0 amide bonds. The zero-order valence-corrected chi connectivity index (χ0v) is 11.8. The molecule has 2 unspecified atom stereocenters. The second kappa shape index (κ2) is 5.59. The Morgan fingerprint density at radius 1 is 1.33 bits per heavy atom. The fourth-order valence-electron chi connectivity index (χ4n) is 2.49. The zero-order valence-electron chi connectivity index (χ0n) is 10.2. The number of benzene rings is 1. The molecule has 1 saturated heterocycles. The Balaban J connectivity index is 1.86. The van der Waals surface area contributed by atoms with Gasteiger partial charge >= 0.3 is 0 Å². The number of hydrogen-bond acceptors (Lipinski definition) is 3. The summed E-state index contributed by atoms with van der Waals surface area (Å²) >= 11 is 5.82. The van der Waals surface area contributed by atoms with Crippen LogP contribution in [0.15, 0.2) is 24.3 Å². The van der Waals surface area contributed by atoms with E-state index in [1.54, 1.807) is 0 Å². The summed E-state index contributed by atoms with van der Waals surface area (Å²) in [6, 6.07) is 7.65. The highest BCUT2D eigenvalue weighted by atomic mass is 35.5. The number of hydrogen-bond donors (Lipinski definition) is 1. The molecular formula is C13H18ClNO2S. The van der Waals surface area contributed by atoms with Crippen molar-refractivity contribution < 1.29 is 8.42 Å². The summed E-state index contributed by atoms with van der Waals surface area (Å²) in [7, 11) is -2.79. The van der Waals surface area contributed by atoms with Gasteiger partial charge < -0.3 is 5.73 Å². The van der Waals surface area contributed by atoms with Gasteiger partial charge in [-0.2, -0.15) is 0 Å². The van der Waals surface area contributed by atoms with Gasteiger partial charge in [-0.1, -0.05) is 23.7 Å². The van der Waals surface area contributed by atoms with E-state index in [0.29, 0.717) is 16.5 Å². The molecule has 0 spiro atoms. The van der Waals surface area contributed by atoms with E-state index in [2.05, 4.69) is 0 Å². The molecule has 18 heavy (non-hydrogen) atoms. The Labute approximate surface area is 113 Å². The molecular weight excluding hydrogens is 270 g/mol. The highest BCUT2D eigenvalue weighted by Gasteiger charge is 2.28. The summed E-state index contributed by atoms with van der Waals surface area (Å²) in [6.45, 7) is 0. The van der Waals surface area contributed by atoms with Gasteiger partial charge in [-0.25, -0.2) is 8.42 Å². The predicted molar refractivity (Wildman–Crippen MR) is 74.5 cm³/mol. The Kier molecular flexibility index (Phi) is 4.30. The lowest BCUT2D eigenvalue weighted by Gasteiger charge is -2.15. The van der Waals surface area contributed by atoms with Crippen molar-refractivity contribution in [3.63, 3.8) is 0 Å². The third kappa shape index (κ3) is 3.97. The van der Waals surface area contributed by atoms with Crippen molar-refractivity contribution >= 4 is 21.4 Å². The largest absolute Gasteiger partial charge is 0.327 e. The first-order valence-electron chi connectivity index (χ1n) is 6.15. The van der Waals surface area contributed by atoms with Crippen LogP contribution in [0.5, 0.6) is 0 Å². The van der Waals surface area contributed by atoms with Gasteiger partial charge in [0.2, 0.25) is 0 Å². The summed E-state index contributed by atoms with van der Waals surface area (Å²) in [5.74, 6) is 0.865. The molecule has 5 heteroatoms. The molecule has 1 aliphatic heterocycles. The van der Waals surface area contributed by atoms with Gasteiger partial charge in [0.15, 0.2) is 9.84 Å². The molecule has 0 aliphatic carbocycles. The minimum absolute atomic E-state index is 0.0180. The van der Waals surface area contributed by atoms with Crippen LogP contribution in [-0.4, -0.2) is 26.0 Å². The van der Waals surface area contributed by atoms with E-state index in [1.165, 1.54) is 0 Å². The van der Waals surface area contributed by atoms with Crippen molar-refractivity contribution in [2.75, 3.05) is 11.5 Å². The van der Waals surface area contributed by atoms with Crippen LogP contribution >= 0.6 is 11.6 Å². The van der Waals surface area contributed by atoms with Crippen LogP contribution < -0.4 is 5.73 Å². The quantitative estimate of drug-likeness (QED) is 0.922. The van der Waals surface area contributed by atoms with E-state index in [-0.39, 0.29) is 12.0 Å². The van der Waals surface area contributed by atoms with E-state index in [0.717, 1.165) is 24.8 Å². The van der Waals surface area contributed by atoms with E-state index >= 15 is 0 Å². The lowest BCUT2D eigenvalue weighted by Crippen LogP contribution is -2.26. The predicted octanol–water partition coefficient (Wildman–Crippen LogP) is 2.03. The molecule has 0 radical (unpaired) electrons. The molecule has 1 aromatic carbocycles. The fourth-order valence-corrected chi connectivity index (χ4v) is 4.50. The van der Waals surface area contributed by atoms with Gasteiger partial charge in [0.1, 0.15) is 0 Å². The molecule has 1 aromatic rings. The Morgan fingerprint density at radius 2 is 2.00 bits per heavy atom. The molecule has 1 heterocycles. The molecule has 1 fully saturated rings. The van der Waals surface area contributed by atoms with Crippen molar-refractivity contribution in [2.45, 2.75) is 25.3 Å². The summed E-state index contributed by atoms with van der Waals surface area (Å²) in [6.07, 6.45) is 2.31. The van der Waals surface area contributed by atoms with Crippen LogP contribution in [0.2, 0.25) is 5.02 Å². The van der Waals surface area contributed by atoms with E-state index in [1.807, 2.05) is 24.3 Å². The molecule has 2 atom stereocenters. The van der Waals surface area contributed by atoms with Gasteiger partial charge in [-0.3, -0.25) is 0 Å². The molecule has 0 saturated carbocycles. The second-order valence-corrected chi connectivity index (χ2v) is 7.76. The fraction of sp³-hybridized carbons (Fsp3) is 0.538. The van der Waals surface area contributed by atoms with Crippen molar-refractivity contribution in [3.05, 3.63) is 34.9 Å². The third-order valence-corrected chi connectivity index (χ3v) is 5.46. The highest BCUT2D eigenvalue weighted by molar-refractivity contribution is 7.91. The average molecular weight is 288 g/mol. The molecule has 100 valence electrons. The first kappa shape index (κ1) is 13.8. The van der Waals surface area contributed by atoms with Crippen LogP contribution in [-0.2, 0) is 16.3 Å². The van der Waals surface area contributed by atoms with Gasteiger partial charge in [-0.05, 0) is 42.9 Å². The standard InChI is InChI=1S/C13H18ClNO2S/c14-12-3-1-10(2-4-12)7-13(15)8-11-5-6-18(16,17)9-11/h1-4,11,13H,5-9,15H2. The van der Waals surface area contributed by atoms with Gasteiger partial charge in [0, 0.05) is 11.1 Å². The summed E-state index contributed by atoms with van der Waals surface area (Å²) in [5, 5.41) is 0.717. The lowest BCUT2D eigenvalue weighted by atomic mass is 9.95. The molecule has 3 nitrogen and oxygen atoms in total. The Morgan fingerprint density at radius 3 is 2.56 bits per heavy atom. The number of sulfone groups is 1. The van der Waals surface area contributed by atoms with Crippen LogP contribution in [0, 0.1) is 5.92 Å². The zero-order chi connectivity index (χ0) is 13.2. The Hall–Kier alpha value is -0.580. The van der Waals surface area contributed by atoms with E-state index < -0.39 is 9.84 Å². The number of nitrogens with two attached hydrogens (primary N) is 1. The monoisotopic (exact) mass is 287 g/mol. The SMILES string of the molecule is NC(Cc1ccc(Cl)cc1)CC1CCS(=O)(=O)C1.